The lowest BCUT2D eigenvalue weighted by molar-refractivity contribution is -0.139. The van der Waals surface area contributed by atoms with Crippen molar-refractivity contribution in [1.29, 1.82) is 0 Å². The Kier molecular flexibility index (Phi) is 26.3. The number of nitrogens with one attached hydrogen (secondary N) is 3. The molecule has 6 heterocycles. The number of rotatable bonds is 30. The molecular weight excluding hydrogens is 1370 g/mol. The number of urea groups is 1. The minimum atomic E-state index is -0.666. The molecule has 0 saturated carbocycles. The van der Waals surface area contributed by atoms with Crippen LogP contribution in [-0.4, -0.2) is 218 Å². The molecule has 5 aromatic carbocycles. The first-order valence-corrected chi connectivity index (χ1v) is 36.4. The molecule has 2 atom stereocenters. The van der Waals surface area contributed by atoms with Crippen LogP contribution in [0.1, 0.15) is 111 Å². The van der Waals surface area contributed by atoms with E-state index in [1.807, 2.05) is 82.0 Å². The summed E-state index contributed by atoms with van der Waals surface area (Å²) in [6.45, 7) is 19.4. The third kappa shape index (κ3) is 19.2. The fourth-order valence-corrected chi connectivity index (χ4v) is 13.9. The molecule has 2 aromatic heterocycles. The Morgan fingerprint density at radius 2 is 1.42 bits per heavy atom. The normalized spacial score (nSPS) is 16.6. The molecular formula is C77H93Cl2N13O12. The van der Waals surface area contributed by atoms with Gasteiger partial charge in [-0.1, -0.05) is 76.9 Å². The Morgan fingerprint density at radius 1 is 0.750 bits per heavy atom. The van der Waals surface area contributed by atoms with Gasteiger partial charge in [0.05, 0.1) is 83.7 Å². The molecule has 104 heavy (non-hydrogen) atoms. The number of ether oxygens (including phenoxy) is 6. The average molecular weight is 1460 g/mol. The highest BCUT2D eigenvalue weighted by Gasteiger charge is 2.46. The topological polar surface area (TPSA) is 260 Å². The minimum Gasteiger partial charge on any atom is -0.497 e. The number of aromatic amines is 1. The molecule has 6 amide bonds. The average Bonchev–Trinajstić information content (AvgIpc) is 1.44. The Balaban J connectivity index is 0.571. The molecule has 11 rings (SSSR count). The van der Waals surface area contributed by atoms with Gasteiger partial charge in [0.25, 0.3) is 17.4 Å². The zero-order valence-corrected chi connectivity index (χ0v) is 61.7. The predicted octanol–water partition coefficient (Wildman–Crippen LogP) is 9.23. The van der Waals surface area contributed by atoms with Gasteiger partial charge in [0, 0.05) is 123 Å². The smallest absolute Gasteiger partial charge is 0.326 e. The number of hydrogen-bond acceptors (Lipinski definition) is 17. The van der Waals surface area contributed by atoms with E-state index in [-0.39, 0.29) is 99.5 Å². The molecule has 0 radical (unpaired) electrons. The number of anilines is 1. The van der Waals surface area contributed by atoms with Crippen LogP contribution in [0.5, 0.6) is 11.5 Å². The Hall–Kier alpha value is -9.21. The second-order valence-corrected chi connectivity index (χ2v) is 27.5. The van der Waals surface area contributed by atoms with Crippen molar-refractivity contribution in [2.75, 3.05) is 130 Å². The zero-order valence-electron chi connectivity index (χ0n) is 60.2. The van der Waals surface area contributed by atoms with Crippen molar-refractivity contribution >= 4 is 64.4 Å². The first-order chi connectivity index (χ1) is 50.3. The van der Waals surface area contributed by atoms with E-state index in [0.717, 1.165) is 69.7 Å². The van der Waals surface area contributed by atoms with Crippen LogP contribution in [0.15, 0.2) is 125 Å². The lowest BCUT2D eigenvalue weighted by Crippen LogP contribution is -2.57. The molecule has 0 spiro atoms. The third-order valence-corrected chi connectivity index (χ3v) is 19.6. The molecule has 0 bridgehead atoms. The maximum atomic E-state index is 15.1. The Labute approximate surface area is 616 Å². The van der Waals surface area contributed by atoms with E-state index in [1.165, 1.54) is 9.80 Å². The number of halogens is 2. The lowest BCUT2D eigenvalue weighted by Gasteiger charge is -2.38. The maximum Gasteiger partial charge on any atom is 0.326 e. The number of aliphatic imine (C=N–C) groups is 1. The van der Waals surface area contributed by atoms with Crippen LogP contribution in [0.2, 0.25) is 10.0 Å². The van der Waals surface area contributed by atoms with Crippen LogP contribution in [0, 0.1) is 20.8 Å². The maximum absolute atomic E-state index is 15.1. The second-order valence-electron chi connectivity index (χ2n) is 26.6. The zero-order chi connectivity index (χ0) is 73.4. The van der Waals surface area contributed by atoms with Crippen molar-refractivity contribution in [3.8, 4) is 22.6 Å². The number of carbonyl (C=O) groups is 5. The Bertz CT molecular complexity index is 4220. The van der Waals surface area contributed by atoms with Crippen LogP contribution in [0.4, 0.5) is 10.5 Å². The molecule has 552 valence electrons. The number of H-pyrrole nitrogens is 1. The van der Waals surface area contributed by atoms with Gasteiger partial charge in [-0.05, 0) is 148 Å². The SMILES string of the molecule is CCN(c1cc(-c2ccc(CN3CCN(C(=O)c4cn(CCOCCOCCOCCNC(=O)CN5CCN(C(=O)N6C(c7ccc(OC)cc7OC(C)C)=N[C@H](c7ccc(Cl)cc7)[C@@H]6c6ccc(Cl)cc6)CC5=O)nn4)CC3)cc2)cc(C(=O)NCc2c(C)cc(C)[nH]c2=O)c1C)C1CCOCC1. The van der Waals surface area contributed by atoms with E-state index in [0.29, 0.717) is 123 Å². The van der Waals surface area contributed by atoms with Gasteiger partial charge in [0.2, 0.25) is 11.8 Å². The summed E-state index contributed by atoms with van der Waals surface area (Å²) in [5, 5.41) is 15.3. The first-order valence-electron chi connectivity index (χ1n) is 35.6. The molecule has 3 N–H and O–H groups in total. The summed E-state index contributed by atoms with van der Waals surface area (Å²) >= 11 is 12.7. The van der Waals surface area contributed by atoms with Crippen molar-refractivity contribution in [2.45, 2.75) is 98.2 Å². The van der Waals surface area contributed by atoms with E-state index in [2.05, 4.69) is 73.0 Å². The minimum absolute atomic E-state index is 0.113. The van der Waals surface area contributed by atoms with Crippen molar-refractivity contribution in [3.63, 3.8) is 0 Å². The summed E-state index contributed by atoms with van der Waals surface area (Å²) < 4.78 is 36.3. The second kappa shape index (κ2) is 36.0. The number of carbonyl (C=O) groups excluding carboxylic acids is 5. The highest BCUT2D eigenvalue weighted by atomic mass is 35.5. The Morgan fingerprint density at radius 3 is 2.09 bits per heavy atom. The van der Waals surface area contributed by atoms with Crippen LogP contribution in [0.3, 0.4) is 0 Å². The van der Waals surface area contributed by atoms with Gasteiger partial charge < -0.3 is 63.6 Å². The molecule has 3 saturated heterocycles. The number of aromatic nitrogens is 4. The number of hydrogen-bond donors (Lipinski definition) is 3. The summed E-state index contributed by atoms with van der Waals surface area (Å²) in [7, 11) is 1.57. The summed E-state index contributed by atoms with van der Waals surface area (Å²) in [5.41, 5.74) is 9.87. The van der Waals surface area contributed by atoms with E-state index < -0.39 is 18.1 Å². The fraction of sp³-hybridized carbons (Fsp3) is 0.442. The molecule has 7 aromatic rings. The number of amidine groups is 1. The van der Waals surface area contributed by atoms with Crippen molar-refractivity contribution in [2.24, 2.45) is 4.99 Å². The quantitative estimate of drug-likeness (QED) is 0.0354. The number of piperazine rings is 2. The highest BCUT2D eigenvalue weighted by Crippen LogP contribution is 2.46. The van der Waals surface area contributed by atoms with Crippen LogP contribution >= 0.6 is 23.2 Å². The van der Waals surface area contributed by atoms with Crippen LogP contribution < -0.4 is 30.6 Å². The predicted molar refractivity (Wildman–Crippen MR) is 397 cm³/mol. The number of nitrogens with zero attached hydrogens (tertiary/aromatic N) is 10. The van der Waals surface area contributed by atoms with Gasteiger partial charge in [-0.2, -0.15) is 0 Å². The number of benzene rings is 5. The van der Waals surface area contributed by atoms with Gasteiger partial charge in [-0.25, -0.2) is 9.48 Å². The van der Waals surface area contributed by atoms with Crippen LogP contribution in [-0.2, 0) is 48.2 Å². The summed E-state index contributed by atoms with van der Waals surface area (Å²) in [5.74, 6) is 0.229. The van der Waals surface area contributed by atoms with Gasteiger partial charge in [0.1, 0.15) is 29.9 Å². The van der Waals surface area contributed by atoms with Gasteiger partial charge in [-0.15, -0.1) is 5.10 Å². The van der Waals surface area contributed by atoms with E-state index in [1.54, 1.807) is 59.3 Å². The lowest BCUT2D eigenvalue weighted by atomic mass is 9.93. The van der Waals surface area contributed by atoms with Gasteiger partial charge in [-0.3, -0.25) is 38.8 Å². The summed E-state index contributed by atoms with van der Waals surface area (Å²) in [6.07, 6.45) is 3.23. The summed E-state index contributed by atoms with van der Waals surface area (Å²) in [6, 6.07) is 33.1. The van der Waals surface area contributed by atoms with Crippen molar-refractivity contribution in [1.82, 2.24) is 55.1 Å². The molecule has 27 heteroatoms. The van der Waals surface area contributed by atoms with Crippen LogP contribution in [0.25, 0.3) is 11.1 Å². The molecule has 4 aliphatic heterocycles. The molecule has 0 unspecified atom stereocenters. The van der Waals surface area contributed by atoms with E-state index in [4.69, 9.17) is 56.6 Å². The molecule has 4 aliphatic rings. The van der Waals surface area contributed by atoms with Crippen molar-refractivity contribution < 1.29 is 52.4 Å². The highest BCUT2D eigenvalue weighted by molar-refractivity contribution is 6.30. The molecule has 3 fully saturated rings. The van der Waals surface area contributed by atoms with Gasteiger partial charge >= 0.3 is 6.03 Å². The number of pyridine rings is 1. The summed E-state index contributed by atoms with van der Waals surface area (Å²) in [4.78, 5) is 102. The number of aryl methyl sites for hydroxylation is 2. The number of amides is 6. The third-order valence-electron chi connectivity index (χ3n) is 19.1. The van der Waals surface area contributed by atoms with E-state index in [9.17, 15) is 24.0 Å². The fourth-order valence-electron chi connectivity index (χ4n) is 13.6. The number of methoxy groups -OCH3 is 1. The molecule has 25 nitrogen and oxygen atoms in total. The first kappa shape index (κ1) is 75.9. The largest absolute Gasteiger partial charge is 0.497 e. The van der Waals surface area contributed by atoms with E-state index >= 15 is 4.79 Å². The monoisotopic (exact) mass is 1460 g/mol. The molecule has 0 aliphatic carbocycles. The van der Waals surface area contributed by atoms with Gasteiger partial charge in [0.15, 0.2) is 5.69 Å². The van der Waals surface area contributed by atoms with Crippen molar-refractivity contribution in [3.05, 3.63) is 192 Å². The standard InChI is InChI=1S/C77H93Cl2N13O12/c1-8-91(61-23-33-100-34-24-61)67-43-58(42-64(53(67)6)74(95)81-45-65-51(4)41-52(5)82-75(65)96)55-11-9-54(10-12-55)46-86-26-28-87(29-27-86)76(97)66-47-90(85-84-66)32-36-102-38-40-103-39-37-101-35-25-80-69(93)48-88-30-31-89(49-70(88)94)77(98)92-72(57-15-19-60(79)20-16-57)71(56-13-17-59(78)18-14-56)83-73(92)63-22-21-62(99-7)44-68(63)104-50(2)3/h9-22,41-44,47,50,61,71-72H,8,23-40,45-46,48-49H2,1-7H3,(H,80,93)(H,81,95)(H,82,96)/t71-,72+/m1/s1.